The monoisotopic (exact) mass is 378 g/mol. The molecule has 0 radical (unpaired) electrons. The molecule has 0 saturated carbocycles. The number of hydrogen-bond acceptors (Lipinski definition) is 7. The van der Waals surface area contributed by atoms with Crippen LogP contribution in [0.4, 0.5) is 5.69 Å². The third-order valence-electron chi connectivity index (χ3n) is 3.80. The molecule has 0 saturated heterocycles. The van der Waals surface area contributed by atoms with Crippen molar-refractivity contribution >= 4 is 17.6 Å². The molecular formula is C20H30N2O5. The van der Waals surface area contributed by atoms with Gasteiger partial charge in [-0.25, -0.2) is 4.79 Å². The third kappa shape index (κ3) is 7.70. The summed E-state index contributed by atoms with van der Waals surface area (Å²) >= 11 is 0. The first-order chi connectivity index (χ1) is 12.9. The number of benzene rings is 1. The van der Waals surface area contributed by atoms with Crippen molar-refractivity contribution in [1.82, 2.24) is 5.32 Å². The van der Waals surface area contributed by atoms with Crippen molar-refractivity contribution in [2.45, 2.75) is 33.2 Å². The summed E-state index contributed by atoms with van der Waals surface area (Å²) in [6.07, 6.45) is 2.31. The first kappa shape index (κ1) is 22.5. The number of para-hydroxylation sites is 1. The fourth-order valence-corrected chi connectivity index (χ4v) is 2.28. The van der Waals surface area contributed by atoms with E-state index in [1.54, 1.807) is 0 Å². The summed E-state index contributed by atoms with van der Waals surface area (Å²) in [5, 5.41) is 6.18. The fourth-order valence-electron chi connectivity index (χ4n) is 2.28. The van der Waals surface area contributed by atoms with Crippen LogP contribution >= 0.6 is 0 Å². The molecule has 0 aromatic heterocycles. The predicted molar refractivity (Wildman–Crippen MR) is 105 cm³/mol. The molecule has 7 nitrogen and oxygen atoms in total. The molecule has 1 rings (SSSR count). The number of rotatable bonds is 11. The van der Waals surface area contributed by atoms with Gasteiger partial charge in [-0.15, -0.1) is 0 Å². The molecule has 0 aliphatic rings. The summed E-state index contributed by atoms with van der Waals surface area (Å²) in [4.78, 5) is 23.6. The van der Waals surface area contributed by atoms with E-state index in [0.717, 1.165) is 12.0 Å². The van der Waals surface area contributed by atoms with Gasteiger partial charge in [0, 0.05) is 6.54 Å². The summed E-state index contributed by atoms with van der Waals surface area (Å²) in [6.45, 7) is 5.40. The van der Waals surface area contributed by atoms with E-state index in [2.05, 4.69) is 29.2 Å². The topological polar surface area (TPSA) is 85.9 Å². The van der Waals surface area contributed by atoms with Crippen molar-refractivity contribution in [3.8, 4) is 5.75 Å². The van der Waals surface area contributed by atoms with Crippen LogP contribution in [0.2, 0.25) is 0 Å². The highest BCUT2D eigenvalue weighted by Gasteiger charge is 2.16. The Labute approximate surface area is 161 Å². The van der Waals surface area contributed by atoms with Crippen molar-refractivity contribution in [2.24, 2.45) is 5.92 Å². The molecule has 0 aliphatic heterocycles. The fraction of sp³-hybridized carbons (Fsp3) is 0.500. The van der Waals surface area contributed by atoms with Gasteiger partial charge in [0.2, 0.25) is 0 Å². The lowest BCUT2D eigenvalue weighted by atomic mass is 10.1. The van der Waals surface area contributed by atoms with Crippen LogP contribution in [0, 0.1) is 5.92 Å². The first-order valence-electron chi connectivity index (χ1n) is 8.94. The van der Waals surface area contributed by atoms with Crippen LogP contribution in [0.15, 0.2) is 30.0 Å². The number of carbonyl (C=O) groups excluding carboxylic acids is 2. The van der Waals surface area contributed by atoms with Gasteiger partial charge in [0.05, 0.1) is 32.9 Å². The van der Waals surface area contributed by atoms with Gasteiger partial charge in [-0.2, -0.15) is 0 Å². The van der Waals surface area contributed by atoms with Gasteiger partial charge < -0.3 is 24.8 Å². The molecule has 0 aliphatic carbocycles. The largest absolute Gasteiger partial charge is 0.491 e. The van der Waals surface area contributed by atoms with Crippen molar-refractivity contribution in [2.75, 3.05) is 33.2 Å². The van der Waals surface area contributed by atoms with Crippen molar-refractivity contribution in [3.63, 3.8) is 0 Å². The zero-order valence-electron chi connectivity index (χ0n) is 16.8. The third-order valence-corrected chi connectivity index (χ3v) is 3.80. The van der Waals surface area contributed by atoms with Crippen LogP contribution in [0.1, 0.15) is 32.3 Å². The molecule has 0 fully saturated rings. The second-order valence-electron chi connectivity index (χ2n) is 6.37. The summed E-state index contributed by atoms with van der Waals surface area (Å²) in [6, 6.07) is 5.68. The van der Waals surface area contributed by atoms with Crippen LogP contribution in [0.25, 0.3) is 0 Å². The molecule has 0 heterocycles. The zero-order chi connectivity index (χ0) is 20.2. The number of carbonyl (C=O) groups is 2. The van der Waals surface area contributed by atoms with Gasteiger partial charge in [-0.1, -0.05) is 26.0 Å². The average molecular weight is 378 g/mol. The molecule has 0 amide bonds. The highest BCUT2D eigenvalue weighted by Crippen LogP contribution is 2.30. The van der Waals surface area contributed by atoms with Gasteiger partial charge in [-0.3, -0.25) is 4.79 Å². The van der Waals surface area contributed by atoms with E-state index in [-0.39, 0.29) is 12.1 Å². The van der Waals surface area contributed by atoms with E-state index in [4.69, 9.17) is 9.47 Å². The van der Waals surface area contributed by atoms with Crippen molar-refractivity contribution in [1.29, 1.82) is 0 Å². The summed E-state index contributed by atoms with van der Waals surface area (Å²) < 4.78 is 15.4. The van der Waals surface area contributed by atoms with Gasteiger partial charge in [0.15, 0.2) is 0 Å². The first-order valence-corrected chi connectivity index (χ1v) is 8.94. The number of esters is 2. The van der Waals surface area contributed by atoms with E-state index in [1.807, 2.05) is 25.2 Å². The zero-order valence-corrected chi connectivity index (χ0v) is 16.8. The molecule has 1 aromatic rings. The quantitative estimate of drug-likeness (QED) is 0.452. The van der Waals surface area contributed by atoms with Crippen molar-refractivity contribution < 1.29 is 23.8 Å². The highest BCUT2D eigenvalue weighted by atomic mass is 16.5. The SMILES string of the molecule is CNCc1cccc(OCCC(C)C)c1N/C(=C\CC(=O)OC)C(=O)OC. The molecule has 150 valence electrons. The number of ether oxygens (including phenoxy) is 3. The second-order valence-corrected chi connectivity index (χ2v) is 6.37. The molecule has 0 atom stereocenters. The van der Waals surface area contributed by atoms with E-state index in [0.29, 0.717) is 30.5 Å². The lowest BCUT2D eigenvalue weighted by Gasteiger charge is -2.18. The molecule has 2 N–H and O–H groups in total. The summed E-state index contributed by atoms with van der Waals surface area (Å²) in [5.41, 5.74) is 1.74. The van der Waals surface area contributed by atoms with E-state index >= 15 is 0 Å². The molecule has 0 unspecified atom stereocenters. The molecule has 27 heavy (non-hydrogen) atoms. The highest BCUT2D eigenvalue weighted by molar-refractivity contribution is 5.93. The Kier molecular flexibility index (Phi) is 9.96. The summed E-state index contributed by atoms with van der Waals surface area (Å²) in [7, 11) is 4.42. The van der Waals surface area contributed by atoms with Crippen LogP contribution in [0.5, 0.6) is 5.75 Å². The van der Waals surface area contributed by atoms with Crippen LogP contribution < -0.4 is 15.4 Å². The van der Waals surface area contributed by atoms with Crippen LogP contribution in [-0.2, 0) is 25.6 Å². The predicted octanol–water partition coefficient (Wildman–Crippen LogP) is 2.86. The Bertz CT molecular complexity index is 656. The Morgan fingerprint density at radius 1 is 1.19 bits per heavy atom. The number of hydrogen-bond donors (Lipinski definition) is 2. The van der Waals surface area contributed by atoms with Crippen molar-refractivity contribution in [3.05, 3.63) is 35.5 Å². The van der Waals surface area contributed by atoms with Gasteiger partial charge >= 0.3 is 11.9 Å². The van der Waals surface area contributed by atoms with Gasteiger partial charge in [0.1, 0.15) is 11.4 Å². The van der Waals surface area contributed by atoms with Crippen LogP contribution in [-0.4, -0.2) is 39.8 Å². The minimum absolute atomic E-state index is 0.0499. The molecule has 1 aromatic carbocycles. The van der Waals surface area contributed by atoms with Gasteiger partial charge in [-0.05, 0) is 37.1 Å². The standard InChI is InChI=1S/C20H30N2O5/c1-14(2)11-12-27-17-8-6-7-15(13-21-3)19(17)22-16(20(24)26-5)9-10-18(23)25-4/h6-9,14,21-22H,10-13H2,1-5H3/b16-9-. The Hall–Kier alpha value is -2.54. The molecular weight excluding hydrogens is 348 g/mol. The van der Waals surface area contributed by atoms with E-state index < -0.39 is 11.9 Å². The molecule has 7 heteroatoms. The maximum Gasteiger partial charge on any atom is 0.354 e. The van der Waals surface area contributed by atoms with E-state index in [9.17, 15) is 9.59 Å². The Balaban J connectivity index is 3.16. The smallest absolute Gasteiger partial charge is 0.354 e. The average Bonchev–Trinajstić information content (AvgIpc) is 2.65. The van der Waals surface area contributed by atoms with Crippen LogP contribution in [0.3, 0.4) is 0 Å². The Morgan fingerprint density at radius 2 is 1.93 bits per heavy atom. The number of anilines is 1. The number of methoxy groups -OCH3 is 2. The molecule has 0 spiro atoms. The summed E-state index contributed by atoms with van der Waals surface area (Å²) in [5.74, 6) is 0.130. The normalized spacial score (nSPS) is 11.3. The maximum absolute atomic E-state index is 12.1. The second kappa shape index (κ2) is 12.0. The minimum atomic E-state index is -0.578. The van der Waals surface area contributed by atoms with Gasteiger partial charge in [0.25, 0.3) is 0 Å². The Morgan fingerprint density at radius 3 is 2.52 bits per heavy atom. The number of nitrogens with one attached hydrogen (secondary N) is 2. The minimum Gasteiger partial charge on any atom is -0.491 e. The van der Waals surface area contributed by atoms with E-state index in [1.165, 1.54) is 20.3 Å². The molecule has 0 bridgehead atoms. The maximum atomic E-state index is 12.1. The lowest BCUT2D eigenvalue weighted by molar-refractivity contribution is -0.139. The lowest BCUT2D eigenvalue weighted by Crippen LogP contribution is -2.17.